The van der Waals surface area contributed by atoms with Crippen LogP contribution in [0.25, 0.3) is 10.9 Å². The maximum atomic E-state index is 12.6. The number of aryl methyl sites for hydroxylation is 1. The predicted octanol–water partition coefficient (Wildman–Crippen LogP) is 3.50. The number of sulfonamides is 1. The van der Waals surface area contributed by atoms with Gasteiger partial charge in [0.25, 0.3) is 5.91 Å². The molecule has 1 amide bonds. The molecule has 1 aromatic heterocycles. The maximum Gasteiger partial charge on any atom is 0.253 e. The van der Waals surface area contributed by atoms with Gasteiger partial charge in [-0.1, -0.05) is 29.8 Å². The van der Waals surface area contributed by atoms with Crippen LogP contribution in [0.15, 0.2) is 48.5 Å². The Bertz CT molecular complexity index is 1130. The number of para-hydroxylation sites is 1. The minimum absolute atomic E-state index is 0.171. The number of aromatic nitrogens is 1. The normalized spacial score (nSPS) is 11.4. The number of anilines is 1. The lowest BCUT2D eigenvalue weighted by Crippen LogP contribution is -2.25. The lowest BCUT2D eigenvalue weighted by Gasteiger charge is -2.12. The molecule has 0 atom stereocenters. The summed E-state index contributed by atoms with van der Waals surface area (Å²) in [7, 11) is -3.41. The zero-order valence-corrected chi connectivity index (χ0v) is 16.4. The molecule has 0 aliphatic rings. The zero-order chi connectivity index (χ0) is 19.6. The van der Waals surface area contributed by atoms with Gasteiger partial charge in [0.05, 0.1) is 28.7 Å². The first-order chi connectivity index (χ1) is 12.7. The highest BCUT2D eigenvalue weighted by molar-refractivity contribution is 7.92. The smallest absolute Gasteiger partial charge is 0.253 e. The number of benzene rings is 2. The number of pyridine rings is 1. The molecule has 0 saturated carbocycles. The molecule has 0 spiro atoms. The second-order valence-corrected chi connectivity index (χ2v) is 8.36. The van der Waals surface area contributed by atoms with Gasteiger partial charge in [0.1, 0.15) is 0 Å². The van der Waals surface area contributed by atoms with E-state index < -0.39 is 10.0 Å². The third-order valence-corrected chi connectivity index (χ3v) is 4.79. The quantitative estimate of drug-likeness (QED) is 0.682. The van der Waals surface area contributed by atoms with E-state index in [0.717, 1.165) is 17.2 Å². The van der Waals surface area contributed by atoms with Crippen LogP contribution >= 0.6 is 11.6 Å². The number of carbonyl (C=O) groups is 1. The first-order valence-electron chi connectivity index (χ1n) is 8.14. The summed E-state index contributed by atoms with van der Waals surface area (Å²) in [5.41, 5.74) is 2.89. The van der Waals surface area contributed by atoms with Crippen LogP contribution in [0.5, 0.6) is 0 Å². The summed E-state index contributed by atoms with van der Waals surface area (Å²) in [6.45, 7) is 1.94. The van der Waals surface area contributed by atoms with Crippen LogP contribution in [0, 0.1) is 6.92 Å². The molecule has 0 radical (unpaired) electrons. The summed E-state index contributed by atoms with van der Waals surface area (Å²) in [5, 5.41) is 4.16. The fourth-order valence-electron chi connectivity index (χ4n) is 2.72. The standard InChI is InChI=1S/C19H18ClN3O3S/c1-12-16(10-14-9-15(20)7-8-17(14)22-12)19(24)21-11-13-5-3-4-6-18(13)23-27(2,25)26/h3-10,23H,11H2,1-2H3,(H,21,24). The second-order valence-electron chi connectivity index (χ2n) is 6.17. The fourth-order valence-corrected chi connectivity index (χ4v) is 3.50. The molecular formula is C19H18ClN3O3S. The Kier molecular flexibility index (Phi) is 5.34. The summed E-state index contributed by atoms with van der Waals surface area (Å²) >= 11 is 6.02. The zero-order valence-electron chi connectivity index (χ0n) is 14.8. The number of nitrogens with one attached hydrogen (secondary N) is 2. The summed E-state index contributed by atoms with van der Waals surface area (Å²) in [4.78, 5) is 17.1. The second kappa shape index (κ2) is 7.54. The van der Waals surface area contributed by atoms with Crippen molar-refractivity contribution in [3.05, 3.63) is 70.4 Å². The Balaban J connectivity index is 1.83. The van der Waals surface area contributed by atoms with Gasteiger partial charge in [-0.05, 0) is 42.8 Å². The van der Waals surface area contributed by atoms with E-state index >= 15 is 0 Å². The number of hydrogen-bond donors (Lipinski definition) is 2. The number of rotatable bonds is 5. The fraction of sp³-hybridized carbons (Fsp3) is 0.158. The van der Waals surface area contributed by atoms with E-state index in [0.29, 0.717) is 27.5 Å². The number of fused-ring (bicyclic) bond motifs is 1. The molecule has 140 valence electrons. The Morgan fingerprint density at radius 3 is 2.63 bits per heavy atom. The van der Waals surface area contributed by atoms with Crippen molar-refractivity contribution >= 4 is 44.1 Å². The minimum Gasteiger partial charge on any atom is -0.348 e. The van der Waals surface area contributed by atoms with Crippen LogP contribution in [-0.4, -0.2) is 25.6 Å². The molecule has 0 bridgehead atoms. The number of amides is 1. The van der Waals surface area contributed by atoms with Crippen molar-refractivity contribution in [2.45, 2.75) is 13.5 Å². The van der Waals surface area contributed by atoms with E-state index in [1.165, 1.54) is 0 Å². The van der Waals surface area contributed by atoms with Gasteiger partial charge in [-0.25, -0.2) is 8.42 Å². The van der Waals surface area contributed by atoms with E-state index in [1.54, 1.807) is 55.5 Å². The number of hydrogen-bond acceptors (Lipinski definition) is 4. The maximum absolute atomic E-state index is 12.6. The SMILES string of the molecule is Cc1nc2ccc(Cl)cc2cc1C(=O)NCc1ccccc1NS(C)(=O)=O. The number of carbonyl (C=O) groups excluding carboxylic acids is 1. The summed E-state index contributed by atoms with van der Waals surface area (Å²) in [6.07, 6.45) is 1.08. The lowest BCUT2D eigenvalue weighted by molar-refractivity contribution is 0.0950. The van der Waals surface area contributed by atoms with Gasteiger partial charge in [0, 0.05) is 17.0 Å². The van der Waals surface area contributed by atoms with Gasteiger partial charge < -0.3 is 5.32 Å². The van der Waals surface area contributed by atoms with Crippen LogP contribution < -0.4 is 10.0 Å². The van der Waals surface area contributed by atoms with Gasteiger partial charge in [-0.3, -0.25) is 14.5 Å². The molecule has 2 aromatic carbocycles. The van der Waals surface area contributed by atoms with E-state index in [1.807, 2.05) is 0 Å². The predicted molar refractivity (Wildman–Crippen MR) is 108 cm³/mol. The summed E-state index contributed by atoms with van der Waals surface area (Å²) in [6, 6.07) is 14.0. The molecule has 27 heavy (non-hydrogen) atoms. The lowest BCUT2D eigenvalue weighted by atomic mass is 10.1. The van der Waals surface area contributed by atoms with Gasteiger partial charge >= 0.3 is 0 Å². The first-order valence-corrected chi connectivity index (χ1v) is 10.4. The van der Waals surface area contributed by atoms with Crippen molar-refractivity contribution in [3.63, 3.8) is 0 Å². The monoisotopic (exact) mass is 403 g/mol. The molecule has 0 fully saturated rings. The van der Waals surface area contributed by atoms with Crippen molar-refractivity contribution in [2.75, 3.05) is 11.0 Å². The third kappa shape index (κ3) is 4.75. The first kappa shape index (κ1) is 19.1. The van der Waals surface area contributed by atoms with Crippen molar-refractivity contribution in [3.8, 4) is 0 Å². The molecule has 3 aromatic rings. The van der Waals surface area contributed by atoms with Crippen LogP contribution in [0.1, 0.15) is 21.6 Å². The van der Waals surface area contributed by atoms with E-state index in [-0.39, 0.29) is 12.5 Å². The molecule has 0 aliphatic carbocycles. The van der Waals surface area contributed by atoms with Gasteiger partial charge in [-0.2, -0.15) is 0 Å². The van der Waals surface area contributed by atoms with Gasteiger partial charge in [-0.15, -0.1) is 0 Å². The van der Waals surface area contributed by atoms with E-state index in [9.17, 15) is 13.2 Å². The Hall–Kier alpha value is -2.64. The topological polar surface area (TPSA) is 88.2 Å². The van der Waals surface area contributed by atoms with Crippen molar-refractivity contribution in [2.24, 2.45) is 0 Å². The molecule has 8 heteroatoms. The molecule has 1 heterocycles. The molecule has 0 unspecified atom stereocenters. The van der Waals surface area contributed by atoms with Gasteiger partial charge in [0.15, 0.2) is 0 Å². The van der Waals surface area contributed by atoms with E-state index in [2.05, 4.69) is 15.0 Å². The Morgan fingerprint density at radius 2 is 1.89 bits per heavy atom. The Labute approximate surface area is 162 Å². The Morgan fingerprint density at radius 1 is 1.15 bits per heavy atom. The molecule has 2 N–H and O–H groups in total. The minimum atomic E-state index is -3.41. The average molecular weight is 404 g/mol. The van der Waals surface area contributed by atoms with Crippen LogP contribution in [0.4, 0.5) is 5.69 Å². The third-order valence-electron chi connectivity index (χ3n) is 3.96. The number of nitrogens with zero attached hydrogens (tertiary/aromatic N) is 1. The van der Waals surface area contributed by atoms with Crippen molar-refractivity contribution in [1.29, 1.82) is 0 Å². The highest BCUT2D eigenvalue weighted by Crippen LogP contribution is 2.21. The van der Waals surface area contributed by atoms with E-state index in [4.69, 9.17) is 11.6 Å². The van der Waals surface area contributed by atoms with Crippen LogP contribution in [0.3, 0.4) is 0 Å². The van der Waals surface area contributed by atoms with Crippen LogP contribution in [-0.2, 0) is 16.6 Å². The molecular weight excluding hydrogens is 386 g/mol. The molecule has 0 saturated heterocycles. The molecule has 3 rings (SSSR count). The van der Waals surface area contributed by atoms with Gasteiger partial charge in [0.2, 0.25) is 10.0 Å². The highest BCUT2D eigenvalue weighted by Gasteiger charge is 2.13. The molecule has 0 aliphatic heterocycles. The van der Waals surface area contributed by atoms with Crippen molar-refractivity contribution < 1.29 is 13.2 Å². The highest BCUT2D eigenvalue weighted by atomic mass is 35.5. The average Bonchev–Trinajstić information content (AvgIpc) is 2.59. The van der Waals surface area contributed by atoms with Crippen LogP contribution in [0.2, 0.25) is 5.02 Å². The van der Waals surface area contributed by atoms with Crippen molar-refractivity contribution in [1.82, 2.24) is 10.3 Å². The summed E-state index contributed by atoms with van der Waals surface area (Å²) in [5.74, 6) is -0.295. The largest absolute Gasteiger partial charge is 0.348 e. The summed E-state index contributed by atoms with van der Waals surface area (Å²) < 4.78 is 25.4. The molecule has 6 nitrogen and oxygen atoms in total. The number of halogens is 1.